The van der Waals surface area contributed by atoms with Gasteiger partial charge in [-0.2, -0.15) is 5.10 Å². The van der Waals surface area contributed by atoms with E-state index in [1.165, 1.54) is 18.9 Å². The van der Waals surface area contributed by atoms with Crippen molar-refractivity contribution in [1.82, 2.24) is 25.1 Å². The number of fused-ring (bicyclic) bond motifs is 2. The highest BCUT2D eigenvalue weighted by atomic mass is 16.1. The van der Waals surface area contributed by atoms with Gasteiger partial charge < -0.3 is 15.1 Å². The van der Waals surface area contributed by atoms with E-state index in [2.05, 4.69) is 45.0 Å². The summed E-state index contributed by atoms with van der Waals surface area (Å²) in [4.78, 5) is 26.5. The number of aryl methyl sites for hydroxylation is 1. The fourth-order valence-electron chi connectivity index (χ4n) is 6.04. The average Bonchev–Trinajstić information content (AvgIpc) is 3.50. The standard InChI is InChI=1S/C25H35N7O/c1-4-21(33)13-19-11-18-10-17(19)12-20(18)14-22-26-23(27-24-9-16(2)29-30-24)15-25(28-22)32-7-5-31(3)6-8-32/h4,9,15,17-20H,1,5-8,10-14H2,2-3H3,(H2,26,27,28,29,30). The van der Waals surface area contributed by atoms with Gasteiger partial charge in [-0.1, -0.05) is 6.58 Å². The lowest BCUT2D eigenvalue weighted by atomic mass is 9.78. The van der Waals surface area contributed by atoms with Crippen molar-refractivity contribution in [2.75, 3.05) is 43.4 Å². The molecule has 3 heterocycles. The first-order chi connectivity index (χ1) is 16.0. The molecular weight excluding hydrogens is 414 g/mol. The molecule has 3 fully saturated rings. The maximum atomic E-state index is 11.9. The number of carbonyl (C=O) groups is 1. The van der Waals surface area contributed by atoms with E-state index < -0.39 is 0 Å². The Hall–Kier alpha value is -2.74. The number of anilines is 3. The van der Waals surface area contributed by atoms with Crippen LogP contribution in [0, 0.1) is 30.6 Å². The van der Waals surface area contributed by atoms with Gasteiger partial charge in [-0.25, -0.2) is 9.97 Å². The number of rotatable bonds is 8. The number of allylic oxidation sites excluding steroid dienone is 1. The topological polar surface area (TPSA) is 90.0 Å². The van der Waals surface area contributed by atoms with Gasteiger partial charge in [0.2, 0.25) is 0 Å². The third-order valence-electron chi connectivity index (χ3n) is 7.83. The monoisotopic (exact) mass is 449 g/mol. The van der Waals surface area contributed by atoms with E-state index >= 15 is 0 Å². The van der Waals surface area contributed by atoms with Crippen LogP contribution in [0.15, 0.2) is 24.8 Å². The van der Waals surface area contributed by atoms with Crippen molar-refractivity contribution >= 4 is 23.2 Å². The first-order valence-electron chi connectivity index (χ1n) is 12.2. The molecule has 0 amide bonds. The number of nitrogens with one attached hydrogen (secondary N) is 2. The number of nitrogens with zero attached hydrogens (tertiary/aromatic N) is 5. The number of aromatic amines is 1. The molecule has 1 aliphatic heterocycles. The van der Waals surface area contributed by atoms with Crippen molar-refractivity contribution in [3.8, 4) is 0 Å². The van der Waals surface area contributed by atoms with Gasteiger partial charge in [0.15, 0.2) is 11.6 Å². The van der Waals surface area contributed by atoms with E-state index in [0.29, 0.717) is 30.1 Å². The summed E-state index contributed by atoms with van der Waals surface area (Å²) >= 11 is 0. The van der Waals surface area contributed by atoms with Gasteiger partial charge in [-0.3, -0.25) is 9.89 Å². The van der Waals surface area contributed by atoms with Gasteiger partial charge in [-0.05, 0) is 63.0 Å². The second-order valence-electron chi connectivity index (χ2n) is 10.2. The predicted molar refractivity (Wildman–Crippen MR) is 130 cm³/mol. The molecule has 1 saturated heterocycles. The molecule has 2 aromatic heterocycles. The Morgan fingerprint density at radius 3 is 2.55 bits per heavy atom. The molecule has 2 N–H and O–H groups in total. The zero-order chi connectivity index (χ0) is 22.9. The summed E-state index contributed by atoms with van der Waals surface area (Å²) in [6.07, 6.45) is 6.64. The number of likely N-dealkylation sites (N-methyl/N-ethyl adjacent to an activating group) is 1. The van der Waals surface area contributed by atoms with Crippen molar-refractivity contribution in [3.05, 3.63) is 36.3 Å². The van der Waals surface area contributed by atoms with E-state index in [1.54, 1.807) is 0 Å². The summed E-state index contributed by atoms with van der Waals surface area (Å²) in [6, 6.07) is 4.04. The van der Waals surface area contributed by atoms with E-state index in [1.807, 2.05) is 13.0 Å². The number of aromatic nitrogens is 4. The fourth-order valence-corrected chi connectivity index (χ4v) is 6.04. The van der Waals surface area contributed by atoms with Crippen molar-refractivity contribution in [2.45, 2.75) is 39.0 Å². The highest BCUT2D eigenvalue weighted by Crippen LogP contribution is 2.53. The summed E-state index contributed by atoms with van der Waals surface area (Å²) in [7, 11) is 2.17. The molecule has 2 saturated carbocycles. The first-order valence-corrected chi connectivity index (χ1v) is 12.2. The van der Waals surface area contributed by atoms with Crippen LogP contribution in [0.3, 0.4) is 0 Å². The van der Waals surface area contributed by atoms with Gasteiger partial charge in [-0.15, -0.1) is 0 Å². The second-order valence-corrected chi connectivity index (χ2v) is 10.2. The molecule has 0 aromatic carbocycles. The summed E-state index contributed by atoms with van der Waals surface area (Å²) in [5, 5.41) is 10.7. The highest BCUT2D eigenvalue weighted by Gasteiger charge is 2.46. The summed E-state index contributed by atoms with van der Waals surface area (Å²) in [5.74, 6) is 6.17. The van der Waals surface area contributed by atoms with Crippen molar-refractivity contribution < 1.29 is 4.79 Å². The van der Waals surface area contributed by atoms with E-state index in [-0.39, 0.29) is 5.78 Å². The molecular formula is C25H35N7O. The van der Waals surface area contributed by atoms with Crippen LogP contribution in [-0.2, 0) is 11.2 Å². The number of piperazine rings is 1. The zero-order valence-electron chi connectivity index (χ0n) is 19.8. The van der Waals surface area contributed by atoms with E-state index in [4.69, 9.17) is 9.97 Å². The largest absolute Gasteiger partial charge is 0.354 e. The smallest absolute Gasteiger partial charge is 0.155 e. The summed E-state index contributed by atoms with van der Waals surface area (Å²) in [6.45, 7) is 9.66. The molecule has 8 heteroatoms. The molecule has 5 rings (SSSR count). The van der Waals surface area contributed by atoms with E-state index in [9.17, 15) is 4.79 Å². The molecule has 4 unspecified atom stereocenters. The third-order valence-corrected chi connectivity index (χ3v) is 7.83. The molecule has 0 radical (unpaired) electrons. The number of hydrogen-bond acceptors (Lipinski definition) is 7. The Morgan fingerprint density at radius 1 is 1.12 bits per heavy atom. The van der Waals surface area contributed by atoms with Crippen LogP contribution >= 0.6 is 0 Å². The van der Waals surface area contributed by atoms with E-state index in [0.717, 1.165) is 68.0 Å². The normalized spacial score (nSPS) is 27.2. The summed E-state index contributed by atoms with van der Waals surface area (Å²) < 4.78 is 0. The Bertz CT molecular complexity index is 1010. The molecule has 2 bridgehead atoms. The van der Waals surface area contributed by atoms with Crippen molar-refractivity contribution in [1.29, 1.82) is 0 Å². The maximum Gasteiger partial charge on any atom is 0.155 e. The molecule has 2 aromatic rings. The molecule has 2 aliphatic carbocycles. The quantitative estimate of drug-likeness (QED) is 0.597. The van der Waals surface area contributed by atoms with Crippen molar-refractivity contribution in [3.63, 3.8) is 0 Å². The van der Waals surface area contributed by atoms with Crippen LogP contribution in [0.5, 0.6) is 0 Å². The Labute approximate surface area is 195 Å². The molecule has 0 spiro atoms. The van der Waals surface area contributed by atoms with Crippen LogP contribution in [0.4, 0.5) is 17.5 Å². The molecule has 33 heavy (non-hydrogen) atoms. The van der Waals surface area contributed by atoms with Gasteiger partial charge in [0.05, 0.1) is 0 Å². The minimum Gasteiger partial charge on any atom is -0.354 e. The number of carbonyl (C=O) groups excluding carboxylic acids is 1. The second kappa shape index (κ2) is 9.25. The lowest BCUT2D eigenvalue weighted by molar-refractivity contribution is -0.115. The first kappa shape index (κ1) is 22.1. The SMILES string of the molecule is C=CC(=O)CC1CC2CC1CC2Cc1nc(Nc2cc(C)[nH]n2)cc(N2CCN(C)CC2)n1. The Morgan fingerprint density at radius 2 is 1.88 bits per heavy atom. The lowest BCUT2D eigenvalue weighted by Crippen LogP contribution is -2.45. The van der Waals surface area contributed by atoms with Gasteiger partial charge >= 0.3 is 0 Å². The van der Waals surface area contributed by atoms with Gasteiger partial charge in [0.25, 0.3) is 0 Å². The average molecular weight is 450 g/mol. The van der Waals surface area contributed by atoms with Crippen LogP contribution in [0.1, 0.15) is 37.2 Å². The number of H-pyrrole nitrogens is 1. The van der Waals surface area contributed by atoms with Crippen LogP contribution in [-0.4, -0.2) is 64.1 Å². The van der Waals surface area contributed by atoms with Crippen LogP contribution in [0.2, 0.25) is 0 Å². The highest BCUT2D eigenvalue weighted by molar-refractivity contribution is 5.89. The summed E-state index contributed by atoms with van der Waals surface area (Å²) in [5.41, 5.74) is 1.01. The van der Waals surface area contributed by atoms with Crippen LogP contribution in [0.25, 0.3) is 0 Å². The molecule has 4 atom stereocenters. The molecule has 8 nitrogen and oxygen atoms in total. The Balaban J connectivity index is 1.32. The fraction of sp³-hybridized carbons (Fsp3) is 0.600. The maximum absolute atomic E-state index is 11.9. The lowest BCUT2D eigenvalue weighted by Gasteiger charge is -2.33. The minimum atomic E-state index is 0.191. The Kier molecular flexibility index (Phi) is 6.19. The number of ketones is 1. The predicted octanol–water partition coefficient (Wildman–Crippen LogP) is 3.35. The van der Waals surface area contributed by atoms with Gasteiger partial charge in [0, 0.05) is 56.8 Å². The number of hydrogen-bond donors (Lipinski definition) is 2. The molecule has 176 valence electrons. The van der Waals surface area contributed by atoms with Crippen LogP contribution < -0.4 is 10.2 Å². The third kappa shape index (κ3) is 4.95. The van der Waals surface area contributed by atoms with Crippen molar-refractivity contribution in [2.24, 2.45) is 23.7 Å². The zero-order valence-corrected chi connectivity index (χ0v) is 19.8. The minimum absolute atomic E-state index is 0.191. The van der Waals surface area contributed by atoms with Gasteiger partial charge in [0.1, 0.15) is 17.5 Å². The molecule has 3 aliphatic rings.